The van der Waals surface area contributed by atoms with Crippen molar-refractivity contribution in [2.75, 3.05) is 6.61 Å². The molecule has 0 aromatic heterocycles. The molecule has 0 saturated heterocycles. The highest BCUT2D eigenvalue weighted by molar-refractivity contribution is 5.85. The fourth-order valence-electron chi connectivity index (χ4n) is 1.33. The van der Waals surface area contributed by atoms with Crippen LogP contribution in [0, 0.1) is 0 Å². The monoisotopic (exact) mass is 186 g/mol. The van der Waals surface area contributed by atoms with Gasteiger partial charge in [0.25, 0.3) is 0 Å². The van der Waals surface area contributed by atoms with Gasteiger partial charge in [-0.3, -0.25) is 4.79 Å². The first-order chi connectivity index (χ1) is 5.90. The highest BCUT2D eigenvalue weighted by Crippen LogP contribution is 2.31. The van der Waals surface area contributed by atoms with Gasteiger partial charge in [-0.15, -0.1) is 0 Å². The summed E-state index contributed by atoms with van der Waals surface area (Å²) in [6.07, 6.45) is 2.77. The molecule has 4 N–H and O–H groups in total. The first kappa shape index (κ1) is 10.5. The Bertz CT molecular complexity index is 199. The molecule has 0 radical (unpaired) electrons. The molecule has 1 saturated carbocycles. The zero-order chi connectivity index (χ0) is 10.1. The summed E-state index contributed by atoms with van der Waals surface area (Å²) in [5, 5.41) is 11.9. The van der Waals surface area contributed by atoms with E-state index in [1.165, 1.54) is 0 Å². The number of nitrogens with one attached hydrogen (secondary N) is 1. The molecule has 4 nitrogen and oxygen atoms in total. The van der Waals surface area contributed by atoms with Crippen molar-refractivity contribution in [3.63, 3.8) is 0 Å². The van der Waals surface area contributed by atoms with Crippen molar-refractivity contribution in [3.8, 4) is 0 Å². The predicted molar refractivity (Wildman–Crippen MR) is 50.1 cm³/mol. The summed E-state index contributed by atoms with van der Waals surface area (Å²) in [7, 11) is 0. The molecule has 1 rings (SSSR count). The molecule has 1 amide bonds. The van der Waals surface area contributed by atoms with E-state index in [-0.39, 0.29) is 18.1 Å². The molecule has 0 aromatic rings. The third-order valence-corrected chi connectivity index (χ3v) is 2.58. The van der Waals surface area contributed by atoms with Crippen molar-refractivity contribution in [2.45, 2.75) is 44.2 Å². The van der Waals surface area contributed by atoms with Crippen LogP contribution in [0.5, 0.6) is 0 Å². The Balaban J connectivity index is 2.52. The summed E-state index contributed by atoms with van der Waals surface area (Å²) in [6, 6.07) is 0. The minimum atomic E-state index is -0.863. The first-order valence-electron chi connectivity index (χ1n) is 4.62. The molecule has 1 aliphatic carbocycles. The van der Waals surface area contributed by atoms with E-state index >= 15 is 0 Å². The second-order valence-electron chi connectivity index (χ2n) is 4.47. The number of aliphatic hydroxyl groups excluding tert-OH is 1. The lowest BCUT2D eigenvalue weighted by atomic mass is 9.77. The van der Waals surface area contributed by atoms with Gasteiger partial charge in [-0.2, -0.15) is 0 Å². The third kappa shape index (κ3) is 2.19. The van der Waals surface area contributed by atoms with E-state index in [0.717, 1.165) is 19.3 Å². The average molecular weight is 186 g/mol. The number of hydrogen-bond donors (Lipinski definition) is 3. The van der Waals surface area contributed by atoms with Gasteiger partial charge in [-0.25, -0.2) is 0 Å². The SMILES string of the molecule is CC(C)(N)C(=O)NC1(CO)CCC1. The van der Waals surface area contributed by atoms with E-state index in [0.29, 0.717) is 0 Å². The number of amides is 1. The zero-order valence-electron chi connectivity index (χ0n) is 8.26. The van der Waals surface area contributed by atoms with Gasteiger partial charge in [0, 0.05) is 0 Å². The predicted octanol–water partition coefficient (Wildman–Crippen LogP) is -0.245. The highest BCUT2D eigenvalue weighted by Gasteiger charge is 2.39. The van der Waals surface area contributed by atoms with Crippen LogP contribution in [0.15, 0.2) is 0 Å². The van der Waals surface area contributed by atoms with Crippen LogP contribution < -0.4 is 11.1 Å². The van der Waals surface area contributed by atoms with E-state index in [1.54, 1.807) is 13.8 Å². The van der Waals surface area contributed by atoms with Gasteiger partial charge in [0.1, 0.15) is 0 Å². The molecule has 0 bridgehead atoms. The minimum absolute atomic E-state index is 0.00875. The summed E-state index contributed by atoms with van der Waals surface area (Å²) in [4.78, 5) is 11.5. The second kappa shape index (κ2) is 3.27. The Morgan fingerprint density at radius 1 is 1.62 bits per heavy atom. The van der Waals surface area contributed by atoms with Crippen molar-refractivity contribution in [1.29, 1.82) is 0 Å². The lowest BCUT2D eigenvalue weighted by molar-refractivity contribution is -0.129. The van der Waals surface area contributed by atoms with Gasteiger partial charge >= 0.3 is 0 Å². The van der Waals surface area contributed by atoms with Gasteiger partial charge in [-0.05, 0) is 33.1 Å². The van der Waals surface area contributed by atoms with Gasteiger partial charge < -0.3 is 16.2 Å². The smallest absolute Gasteiger partial charge is 0.240 e. The molecular formula is C9H18N2O2. The summed E-state index contributed by atoms with van der Waals surface area (Å²) in [5.74, 6) is -0.193. The maximum atomic E-state index is 11.5. The van der Waals surface area contributed by atoms with Crippen molar-refractivity contribution in [1.82, 2.24) is 5.32 Å². The first-order valence-corrected chi connectivity index (χ1v) is 4.62. The molecule has 0 aliphatic heterocycles. The largest absolute Gasteiger partial charge is 0.394 e. The van der Waals surface area contributed by atoms with Gasteiger partial charge in [0.05, 0.1) is 17.7 Å². The summed E-state index contributed by atoms with van der Waals surface area (Å²) < 4.78 is 0. The fourth-order valence-corrected chi connectivity index (χ4v) is 1.33. The van der Waals surface area contributed by atoms with Crippen molar-refractivity contribution < 1.29 is 9.90 Å². The van der Waals surface area contributed by atoms with Crippen LogP contribution in [-0.4, -0.2) is 28.7 Å². The van der Waals surface area contributed by atoms with E-state index in [9.17, 15) is 4.79 Å². The summed E-state index contributed by atoms with van der Waals surface area (Å²) >= 11 is 0. The Labute approximate surface area is 78.5 Å². The molecule has 76 valence electrons. The molecule has 0 unspecified atom stereocenters. The standard InChI is InChI=1S/C9H18N2O2/c1-8(2,10)7(13)11-9(6-12)4-3-5-9/h12H,3-6,10H2,1-2H3,(H,11,13). The van der Waals surface area contributed by atoms with Crippen LogP contribution in [0.3, 0.4) is 0 Å². The van der Waals surface area contributed by atoms with E-state index in [2.05, 4.69) is 5.32 Å². The number of carbonyl (C=O) groups is 1. The zero-order valence-corrected chi connectivity index (χ0v) is 8.26. The Morgan fingerprint density at radius 3 is 2.38 bits per heavy atom. The van der Waals surface area contributed by atoms with E-state index in [4.69, 9.17) is 10.8 Å². The number of aliphatic hydroxyl groups is 1. The minimum Gasteiger partial charge on any atom is -0.394 e. The van der Waals surface area contributed by atoms with E-state index in [1.807, 2.05) is 0 Å². The molecule has 13 heavy (non-hydrogen) atoms. The maximum absolute atomic E-state index is 11.5. The number of rotatable bonds is 3. The Kier molecular flexibility index (Phi) is 2.63. The fraction of sp³-hybridized carbons (Fsp3) is 0.889. The average Bonchev–Trinajstić information content (AvgIpc) is 1.94. The van der Waals surface area contributed by atoms with Crippen molar-refractivity contribution in [2.24, 2.45) is 5.73 Å². The molecule has 4 heteroatoms. The second-order valence-corrected chi connectivity index (χ2v) is 4.47. The van der Waals surface area contributed by atoms with E-state index < -0.39 is 5.54 Å². The van der Waals surface area contributed by atoms with Crippen molar-refractivity contribution in [3.05, 3.63) is 0 Å². The van der Waals surface area contributed by atoms with Crippen LogP contribution in [0.1, 0.15) is 33.1 Å². The molecule has 1 aliphatic rings. The molecule has 0 aromatic carbocycles. The summed E-state index contributed by atoms with van der Waals surface area (Å²) in [5.41, 5.74) is 4.38. The Hall–Kier alpha value is -0.610. The quantitative estimate of drug-likeness (QED) is 0.569. The van der Waals surface area contributed by atoms with Crippen LogP contribution >= 0.6 is 0 Å². The normalized spacial score (nSPS) is 20.6. The van der Waals surface area contributed by atoms with Crippen molar-refractivity contribution >= 4 is 5.91 Å². The number of nitrogens with two attached hydrogens (primary N) is 1. The highest BCUT2D eigenvalue weighted by atomic mass is 16.3. The van der Waals surface area contributed by atoms with Gasteiger partial charge in [0.15, 0.2) is 0 Å². The molecule has 1 fully saturated rings. The lowest BCUT2D eigenvalue weighted by Gasteiger charge is -2.42. The lowest BCUT2D eigenvalue weighted by Crippen LogP contribution is -2.62. The summed E-state index contributed by atoms with van der Waals surface area (Å²) in [6.45, 7) is 3.33. The van der Waals surface area contributed by atoms with Crippen LogP contribution in [0.2, 0.25) is 0 Å². The third-order valence-electron chi connectivity index (χ3n) is 2.58. The molecular weight excluding hydrogens is 168 g/mol. The van der Waals surface area contributed by atoms with Crippen LogP contribution in [0.4, 0.5) is 0 Å². The molecule has 0 spiro atoms. The topological polar surface area (TPSA) is 75.4 Å². The number of carbonyl (C=O) groups excluding carboxylic acids is 1. The Morgan fingerprint density at radius 2 is 2.15 bits per heavy atom. The van der Waals surface area contributed by atoms with Crippen LogP contribution in [-0.2, 0) is 4.79 Å². The van der Waals surface area contributed by atoms with Crippen LogP contribution in [0.25, 0.3) is 0 Å². The molecule has 0 atom stereocenters. The molecule has 0 heterocycles. The van der Waals surface area contributed by atoms with Gasteiger partial charge in [-0.1, -0.05) is 0 Å². The van der Waals surface area contributed by atoms with Gasteiger partial charge in [0.2, 0.25) is 5.91 Å². The number of hydrogen-bond acceptors (Lipinski definition) is 3. The maximum Gasteiger partial charge on any atom is 0.240 e.